The standard InChI is InChI=1S/C4H7N5O2/c1-11-4-7-3(8-9-4)6-2(5)10/h1H3,(H4,5,6,7,8,9,10). The molecule has 0 bridgehead atoms. The minimum absolute atomic E-state index is 0.147. The number of urea groups is 1. The molecule has 1 rings (SSSR count). The number of hydrogen-bond donors (Lipinski definition) is 3. The number of aromatic nitrogens is 3. The Labute approximate surface area is 61.9 Å². The van der Waals surface area contributed by atoms with E-state index < -0.39 is 6.03 Å². The normalized spacial score (nSPS) is 9.18. The molecular weight excluding hydrogens is 150 g/mol. The molecule has 0 fully saturated rings. The van der Waals surface area contributed by atoms with Gasteiger partial charge in [-0.3, -0.25) is 5.32 Å². The van der Waals surface area contributed by atoms with Crippen LogP contribution >= 0.6 is 0 Å². The lowest BCUT2D eigenvalue weighted by Gasteiger charge is -1.91. The SMILES string of the molecule is COc1n[nH]c(NC(N)=O)n1. The number of ether oxygens (including phenoxy) is 1. The Morgan fingerprint density at radius 2 is 2.55 bits per heavy atom. The average Bonchev–Trinajstić information content (AvgIpc) is 2.34. The molecule has 0 aromatic carbocycles. The van der Waals surface area contributed by atoms with Crippen molar-refractivity contribution in [1.82, 2.24) is 15.2 Å². The van der Waals surface area contributed by atoms with Crippen molar-refractivity contribution >= 4 is 12.0 Å². The van der Waals surface area contributed by atoms with E-state index in [1.54, 1.807) is 0 Å². The first-order chi connectivity index (χ1) is 5.22. The quantitative estimate of drug-likeness (QED) is 0.527. The summed E-state index contributed by atoms with van der Waals surface area (Å²) in [4.78, 5) is 13.9. The number of nitrogens with one attached hydrogen (secondary N) is 2. The molecule has 0 radical (unpaired) electrons. The molecular formula is C4H7N5O2. The fourth-order valence-corrected chi connectivity index (χ4v) is 0.510. The maximum Gasteiger partial charge on any atom is 0.336 e. The topological polar surface area (TPSA) is 106 Å². The van der Waals surface area contributed by atoms with Gasteiger partial charge in [0, 0.05) is 0 Å². The van der Waals surface area contributed by atoms with Crippen LogP contribution in [0.15, 0.2) is 0 Å². The van der Waals surface area contributed by atoms with E-state index in [-0.39, 0.29) is 12.0 Å². The van der Waals surface area contributed by atoms with Gasteiger partial charge in [0.15, 0.2) is 0 Å². The van der Waals surface area contributed by atoms with Gasteiger partial charge in [0.25, 0.3) is 0 Å². The molecule has 0 aliphatic rings. The van der Waals surface area contributed by atoms with Gasteiger partial charge >= 0.3 is 12.0 Å². The molecule has 0 unspecified atom stereocenters. The second-order valence-corrected chi connectivity index (χ2v) is 1.66. The maximum atomic E-state index is 10.2. The summed E-state index contributed by atoms with van der Waals surface area (Å²) >= 11 is 0. The number of methoxy groups -OCH3 is 1. The molecule has 0 saturated heterocycles. The molecule has 7 nitrogen and oxygen atoms in total. The molecule has 1 aromatic heterocycles. The third kappa shape index (κ3) is 1.81. The van der Waals surface area contributed by atoms with E-state index in [9.17, 15) is 4.79 Å². The molecule has 4 N–H and O–H groups in total. The van der Waals surface area contributed by atoms with Gasteiger partial charge in [-0.15, -0.1) is 5.10 Å². The van der Waals surface area contributed by atoms with Gasteiger partial charge in [-0.1, -0.05) is 0 Å². The van der Waals surface area contributed by atoms with Crippen LogP contribution in [0.1, 0.15) is 0 Å². The first-order valence-corrected chi connectivity index (χ1v) is 2.75. The number of H-pyrrole nitrogens is 1. The minimum Gasteiger partial charge on any atom is -0.466 e. The monoisotopic (exact) mass is 157 g/mol. The van der Waals surface area contributed by atoms with Crippen LogP contribution in [0.3, 0.4) is 0 Å². The van der Waals surface area contributed by atoms with Crippen molar-refractivity contribution in [2.75, 3.05) is 12.4 Å². The van der Waals surface area contributed by atoms with Gasteiger partial charge in [-0.2, -0.15) is 4.98 Å². The molecule has 0 spiro atoms. The summed E-state index contributed by atoms with van der Waals surface area (Å²) in [6, 6.07) is -0.558. The van der Waals surface area contributed by atoms with E-state index in [0.29, 0.717) is 0 Å². The summed E-state index contributed by atoms with van der Waals surface area (Å²) < 4.78 is 4.63. The Hall–Kier alpha value is -1.79. The number of carbonyl (C=O) groups is 1. The van der Waals surface area contributed by atoms with Crippen LogP contribution in [-0.4, -0.2) is 28.3 Å². The fourth-order valence-electron chi connectivity index (χ4n) is 0.510. The lowest BCUT2D eigenvalue weighted by molar-refractivity contribution is 0.259. The summed E-state index contributed by atoms with van der Waals surface area (Å²) in [6.45, 7) is 0. The molecule has 1 aromatic rings. The van der Waals surface area contributed by atoms with Crippen molar-refractivity contribution in [3.8, 4) is 6.01 Å². The number of anilines is 1. The van der Waals surface area contributed by atoms with Gasteiger partial charge < -0.3 is 10.5 Å². The predicted octanol–water partition coefficient (Wildman–Crippen LogP) is -0.696. The number of nitrogens with two attached hydrogens (primary N) is 1. The zero-order valence-corrected chi connectivity index (χ0v) is 5.79. The van der Waals surface area contributed by atoms with Crippen molar-refractivity contribution < 1.29 is 9.53 Å². The van der Waals surface area contributed by atoms with Gasteiger partial charge in [-0.25, -0.2) is 9.89 Å². The highest BCUT2D eigenvalue weighted by Gasteiger charge is 2.02. The minimum atomic E-state index is -0.705. The molecule has 0 atom stereocenters. The molecule has 7 heteroatoms. The van der Waals surface area contributed by atoms with E-state index in [4.69, 9.17) is 5.73 Å². The molecule has 1 heterocycles. The van der Waals surface area contributed by atoms with Crippen molar-refractivity contribution in [3.05, 3.63) is 0 Å². The van der Waals surface area contributed by atoms with E-state index in [2.05, 4.69) is 25.2 Å². The Bertz CT molecular complexity index is 257. The second-order valence-electron chi connectivity index (χ2n) is 1.66. The number of primary amides is 1. The highest BCUT2D eigenvalue weighted by Crippen LogP contribution is 2.02. The summed E-state index contributed by atoms with van der Waals surface area (Å²) in [5, 5.41) is 8.14. The Balaban J connectivity index is 2.65. The Morgan fingerprint density at radius 3 is 3.00 bits per heavy atom. The average molecular weight is 157 g/mol. The lowest BCUT2D eigenvalue weighted by Crippen LogP contribution is -2.20. The van der Waals surface area contributed by atoms with E-state index in [1.165, 1.54) is 7.11 Å². The van der Waals surface area contributed by atoms with E-state index in [1.807, 2.05) is 0 Å². The fraction of sp³-hybridized carbons (Fsp3) is 0.250. The first-order valence-electron chi connectivity index (χ1n) is 2.75. The predicted molar refractivity (Wildman–Crippen MR) is 36.1 cm³/mol. The largest absolute Gasteiger partial charge is 0.466 e. The number of rotatable bonds is 2. The third-order valence-corrected chi connectivity index (χ3v) is 0.889. The van der Waals surface area contributed by atoms with Crippen LogP contribution in [-0.2, 0) is 0 Å². The molecule has 0 aliphatic heterocycles. The third-order valence-electron chi connectivity index (χ3n) is 0.889. The number of aromatic amines is 1. The highest BCUT2D eigenvalue weighted by atomic mass is 16.5. The molecule has 2 amide bonds. The van der Waals surface area contributed by atoms with Gasteiger partial charge in [-0.05, 0) is 0 Å². The van der Waals surface area contributed by atoms with Crippen LogP contribution < -0.4 is 15.8 Å². The van der Waals surface area contributed by atoms with Crippen molar-refractivity contribution in [2.45, 2.75) is 0 Å². The van der Waals surface area contributed by atoms with Crippen molar-refractivity contribution in [2.24, 2.45) is 5.73 Å². The molecule has 0 saturated carbocycles. The number of amides is 2. The molecule has 60 valence electrons. The highest BCUT2D eigenvalue weighted by molar-refractivity contribution is 5.85. The summed E-state index contributed by atoms with van der Waals surface area (Å²) in [7, 11) is 1.41. The summed E-state index contributed by atoms with van der Waals surface area (Å²) in [6.07, 6.45) is 0. The van der Waals surface area contributed by atoms with Gasteiger partial charge in [0.2, 0.25) is 5.95 Å². The number of carbonyl (C=O) groups excluding carboxylic acids is 1. The van der Waals surface area contributed by atoms with Crippen molar-refractivity contribution in [3.63, 3.8) is 0 Å². The molecule has 11 heavy (non-hydrogen) atoms. The van der Waals surface area contributed by atoms with Gasteiger partial charge in [0.05, 0.1) is 7.11 Å². The van der Waals surface area contributed by atoms with Crippen LogP contribution in [0.5, 0.6) is 6.01 Å². The number of nitrogens with zero attached hydrogens (tertiary/aromatic N) is 2. The summed E-state index contributed by atoms with van der Waals surface area (Å²) in [5.41, 5.74) is 4.80. The van der Waals surface area contributed by atoms with E-state index >= 15 is 0 Å². The van der Waals surface area contributed by atoms with Crippen LogP contribution in [0, 0.1) is 0 Å². The smallest absolute Gasteiger partial charge is 0.336 e. The van der Waals surface area contributed by atoms with Crippen LogP contribution in [0.4, 0.5) is 10.7 Å². The lowest BCUT2D eigenvalue weighted by atomic mass is 10.9. The zero-order valence-electron chi connectivity index (χ0n) is 5.79. The Kier molecular flexibility index (Phi) is 1.90. The second kappa shape index (κ2) is 2.86. The zero-order chi connectivity index (χ0) is 8.27. The van der Waals surface area contributed by atoms with Crippen LogP contribution in [0.25, 0.3) is 0 Å². The summed E-state index contributed by atoms with van der Waals surface area (Å²) in [5.74, 6) is 0.161. The molecule has 0 aliphatic carbocycles. The first kappa shape index (κ1) is 7.32. The van der Waals surface area contributed by atoms with Crippen LogP contribution in [0.2, 0.25) is 0 Å². The maximum absolute atomic E-state index is 10.2. The van der Waals surface area contributed by atoms with Gasteiger partial charge in [0.1, 0.15) is 0 Å². The number of hydrogen-bond acceptors (Lipinski definition) is 4. The van der Waals surface area contributed by atoms with Crippen molar-refractivity contribution in [1.29, 1.82) is 0 Å². The Morgan fingerprint density at radius 1 is 1.82 bits per heavy atom. The van der Waals surface area contributed by atoms with E-state index in [0.717, 1.165) is 0 Å².